The lowest BCUT2D eigenvalue weighted by Crippen LogP contribution is -2.49. The van der Waals surface area contributed by atoms with E-state index in [2.05, 4.69) is 9.88 Å². The molecule has 1 aliphatic heterocycles. The van der Waals surface area contributed by atoms with Crippen molar-refractivity contribution < 1.29 is 23.4 Å². The van der Waals surface area contributed by atoms with E-state index in [1.807, 2.05) is 44.3 Å². The van der Waals surface area contributed by atoms with Crippen molar-refractivity contribution in [2.24, 2.45) is 0 Å². The summed E-state index contributed by atoms with van der Waals surface area (Å²) in [5.41, 5.74) is 5.18. The number of benzene rings is 2. The summed E-state index contributed by atoms with van der Waals surface area (Å²) in [6.45, 7) is 5.88. The minimum Gasteiger partial charge on any atom is -0.496 e. The van der Waals surface area contributed by atoms with E-state index in [1.54, 1.807) is 18.1 Å². The Morgan fingerprint density at radius 1 is 1.26 bits per heavy atom. The lowest BCUT2D eigenvalue weighted by molar-refractivity contribution is 0.0245. The van der Waals surface area contributed by atoms with Crippen LogP contribution in [0.4, 0.5) is 8.78 Å². The van der Waals surface area contributed by atoms with Crippen LogP contribution in [0.3, 0.4) is 0 Å². The molecule has 1 aromatic heterocycles. The summed E-state index contributed by atoms with van der Waals surface area (Å²) in [4.78, 5) is 19.0. The number of halogens is 2. The van der Waals surface area contributed by atoms with E-state index in [1.165, 1.54) is 0 Å². The molecule has 6 nitrogen and oxygen atoms in total. The van der Waals surface area contributed by atoms with Crippen molar-refractivity contribution in [2.75, 3.05) is 33.3 Å². The van der Waals surface area contributed by atoms with Crippen LogP contribution in [-0.2, 0) is 13.0 Å². The molecule has 0 aliphatic carbocycles. The number of carboxylic acids is 1. The van der Waals surface area contributed by atoms with Gasteiger partial charge in [0.05, 0.1) is 19.2 Å². The highest BCUT2D eigenvalue weighted by Gasteiger charge is 2.31. The molecule has 182 valence electrons. The first kappa shape index (κ1) is 24.2. The molecule has 1 aliphatic rings. The van der Waals surface area contributed by atoms with E-state index in [0.29, 0.717) is 32.6 Å². The van der Waals surface area contributed by atoms with Crippen molar-refractivity contribution in [3.8, 4) is 5.75 Å². The number of H-pyrrole nitrogens is 1. The number of methoxy groups -OCH3 is 1. The maximum atomic E-state index is 13.2. The minimum absolute atomic E-state index is 0.152. The van der Waals surface area contributed by atoms with Crippen molar-refractivity contribution in [1.82, 2.24) is 14.8 Å². The molecule has 4 rings (SSSR count). The third-order valence-electron chi connectivity index (χ3n) is 6.79. The number of aryl methyl sites for hydroxylation is 2. The Bertz CT molecular complexity index is 1180. The molecule has 1 atom stereocenters. The topological polar surface area (TPSA) is 68.8 Å². The van der Waals surface area contributed by atoms with E-state index in [-0.39, 0.29) is 18.2 Å². The Kier molecular flexibility index (Phi) is 7.19. The summed E-state index contributed by atoms with van der Waals surface area (Å²) in [5.74, 6) is -0.156. The fraction of sp³-hybridized carbons (Fsp3) is 0.423. The SMILES string of the molecule is CCc1cc([C@H]2CN(CC(F)F)CCN2Cc2c(OC)cc(C)c3[nH]ccc23)ccc1C(=O)O. The molecular weight excluding hydrogens is 440 g/mol. The van der Waals surface area contributed by atoms with Gasteiger partial charge in [-0.3, -0.25) is 9.80 Å². The van der Waals surface area contributed by atoms with Crippen LogP contribution in [0, 0.1) is 6.92 Å². The summed E-state index contributed by atoms with van der Waals surface area (Å²) in [5, 5.41) is 10.6. The van der Waals surface area contributed by atoms with Crippen LogP contribution in [0.1, 0.15) is 45.6 Å². The zero-order valence-electron chi connectivity index (χ0n) is 19.8. The summed E-state index contributed by atoms with van der Waals surface area (Å²) in [6, 6.07) is 9.29. The molecule has 0 spiro atoms. The second-order valence-corrected chi connectivity index (χ2v) is 8.85. The van der Waals surface area contributed by atoms with Crippen LogP contribution in [0.5, 0.6) is 5.75 Å². The number of aromatic nitrogens is 1. The van der Waals surface area contributed by atoms with Gasteiger partial charge in [-0.15, -0.1) is 0 Å². The van der Waals surface area contributed by atoms with Gasteiger partial charge < -0.3 is 14.8 Å². The highest BCUT2D eigenvalue weighted by Crippen LogP contribution is 2.35. The van der Waals surface area contributed by atoms with E-state index in [4.69, 9.17) is 4.74 Å². The average Bonchev–Trinajstić information content (AvgIpc) is 3.31. The lowest BCUT2D eigenvalue weighted by Gasteiger charge is -2.42. The Hall–Kier alpha value is -2.97. The molecule has 0 amide bonds. The normalized spacial score (nSPS) is 17.5. The number of piperazine rings is 1. The van der Waals surface area contributed by atoms with E-state index < -0.39 is 12.4 Å². The van der Waals surface area contributed by atoms with Crippen LogP contribution >= 0.6 is 0 Å². The number of nitrogens with one attached hydrogen (secondary N) is 1. The zero-order valence-corrected chi connectivity index (χ0v) is 19.8. The van der Waals surface area contributed by atoms with Gasteiger partial charge in [0.1, 0.15) is 5.75 Å². The van der Waals surface area contributed by atoms with Crippen molar-refractivity contribution in [2.45, 2.75) is 39.3 Å². The maximum Gasteiger partial charge on any atom is 0.335 e. The number of carboxylic acid groups (broad SMARTS) is 1. The second kappa shape index (κ2) is 10.1. The number of rotatable bonds is 8. The quantitative estimate of drug-likeness (QED) is 0.491. The summed E-state index contributed by atoms with van der Waals surface area (Å²) in [6.07, 6.45) is 0.0969. The van der Waals surface area contributed by atoms with Gasteiger partial charge in [-0.25, -0.2) is 13.6 Å². The smallest absolute Gasteiger partial charge is 0.335 e. The summed E-state index contributed by atoms with van der Waals surface area (Å²) in [7, 11) is 1.66. The number of fused-ring (bicyclic) bond motifs is 1. The highest BCUT2D eigenvalue weighted by atomic mass is 19.3. The number of carbonyl (C=O) groups is 1. The fourth-order valence-corrected chi connectivity index (χ4v) is 5.05. The third kappa shape index (κ3) is 4.79. The molecule has 0 saturated carbocycles. The number of alkyl halides is 2. The largest absolute Gasteiger partial charge is 0.496 e. The Morgan fingerprint density at radius 2 is 2.06 bits per heavy atom. The third-order valence-corrected chi connectivity index (χ3v) is 6.79. The van der Waals surface area contributed by atoms with Gasteiger partial charge in [-0.2, -0.15) is 0 Å². The number of ether oxygens (including phenoxy) is 1. The predicted octanol–water partition coefficient (Wildman–Crippen LogP) is 4.87. The lowest BCUT2D eigenvalue weighted by atomic mass is 9.95. The van der Waals surface area contributed by atoms with Gasteiger partial charge in [-0.1, -0.05) is 19.1 Å². The molecule has 1 fully saturated rings. The number of aromatic amines is 1. The number of nitrogens with zero attached hydrogens (tertiary/aromatic N) is 2. The standard InChI is InChI=1S/C26H31F2N3O3/c1-4-17-12-18(5-6-19(17)26(32)33)22-14-30(15-24(27)28)9-10-31(22)13-21-20-7-8-29-25(20)16(2)11-23(21)34-3/h5-8,11-12,22,24,29H,4,9-10,13-15H2,1-3H3,(H,32,33)/t22-/m1/s1. The van der Waals surface area contributed by atoms with Crippen LogP contribution in [-0.4, -0.2) is 65.6 Å². The minimum atomic E-state index is -2.40. The monoisotopic (exact) mass is 471 g/mol. The van der Waals surface area contributed by atoms with Gasteiger partial charge in [0.2, 0.25) is 0 Å². The van der Waals surface area contributed by atoms with Gasteiger partial charge in [0, 0.05) is 54.9 Å². The predicted molar refractivity (Wildman–Crippen MR) is 128 cm³/mol. The van der Waals surface area contributed by atoms with Crippen molar-refractivity contribution in [1.29, 1.82) is 0 Å². The van der Waals surface area contributed by atoms with Crippen molar-refractivity contribution in [3.63, 3.8) is 0 Å². The molecule has 0 unspecified atom stereocenters. The average molecular weight is 472 g/mol. The molecule has 8 heteroatoms. The Morgan fingerprint density at radius 3 is 2.74 bits per heavy atom. The van der Waals surface area contributed by atoms with Crippen LogP contribution in [0.2, 0.25) is 0 Å². The van der Waals surface area contributed by atoms with Gasteiger partial charge in [0.15, 0.2) is 0 Å². The van der Waals surface area contributed by atoms with Crippen LogP contribution in [0.25, 0.3) is 10.9 Å². The zero-order chi connectivity index (χ0) is 24.4. The first-order valence-corrected chi connectivity index (χ1v) is 11.6. The number of hydrogen-bond acceptors (Lipinski definition) is 4. The fourth-order valence-electron chi connectivity index (χ4n) is 5.05. The number of aromatic carboxylic acids is 1. The van der Waals surface area contributed by atoms with E-state index in [9.17, 15) is 18.7 Å². The van der Waals surface area contributed by atoms with Gasteiger partial charge in [-0.05, 0) is 48.2 Å². The molecule has 2 N–H and O–H groups in total. The molecule has 3 aromatic rings. The summed E-state index contributed by atoms with van der Waals surface area (Å²) >= 11 is 0. The van der Waals surface area contributed by atoms with Gasteiger partial charge in [0.25, 0.3) is 6.43 Å². The van der Waals surface area contributed by atoms with Gasteiger partial charge >= 0.3 is 5.97 Å². The summed E-state index contributed by atoms with van der Waals surface area (Å²) < 4.78 is 32.1. The molecule has 2 aromatic carbocycles. The second-order valence-electron chi connectivity index (χ2n) is 8.85. The van der Waals surface area contributed by atoms with E-state index >= 15 is 0 Å². The van der Waals surface area contributed by atoms with Crippen molar-refractivity contribution in [3.05, 3.63) is 64.3 Å². The maximum absolute atomic E-state index is 13.2. The van der Waals surface area contributed by atoms with Crippen LogP contribution < -0.4 is 4.74 Å². The molecule has 0 radical (unpaired) electrons. The van der Waals surface area contributed by atoms with E-state index in [0.717, 1.165) is 38.9 Å². The van der Waals surface area contributed by atoms with Crippen molar-refractivity contribution >= 4 is 16.9 Å². The molecule has 2 heterocycles. The highest BCUT2D eigenvalue weighted by molar-refractivity contribution is 5.89. The first-order chi connectivity index (χ1) is 16.3. The molecular formula is C26H31F2N3O3. The molecule has 0 bridgehead atoms. The Balaban J connectivity index is 1.73. The number of hydrogen-bond donors (Lipinski definition) is 2. The van der Waals surface area contributed by atoms with Crippen LogP contribution in [0.15, 0.2) is 36.5 Å². The molecule has 1 saturated heterocycles. The Labute approximate surface area is 198 Å². The molecule has 34 heavy (non-hydrogen) atoms. The first-order valence-electron chi connectivity index (χ1n) is 11.6.